The number of amides is 2. The van der Waals surface area contributed by atoms with Gasteiger partial charge in [0, 0.05) is 30.4 Å². The molecule has 0 saturated carbocycles. The molecule has 2 unspecified atom stereocenters. The maximum atomic E-state index is 14.0. The highest BCUT2D eigenvalue weighted by Gasteiger charge is 2.41. The lowest BCUT2D eigenvalue weighted by molar-refractivity contribution is -0.140. The van der Waals surface area contributed by atoms with Gasteiger partial charge in [-0.3, -0.25) is 9.59 Å². The summed E-state index contributed by atoms with van der Waals surface area (Å²) in [4.78, 5) is 29.8. The predicted molar refractivity (Wildman–Crippen MR) is 145 cm³/mol. The first-order valence-electron chi connectivity index (χ1n) is 12.2. The number of likely N-dealkylation sites (tertiary alicyclic amines) is 1. The maximum absolute atomic E-state index is 14.0. The van der Waals surface area contributed by atoms with Crippen molar-refractivity contribution >= 4 is 33.2 Å². The van der Waals surface area contributed by atoms with E-state index in [1.54, 1.807) is 11.3 Å². The number of nitrogens with one attached hydrogen (secondary N) is 2. The van der Waals surface area contributed by atoms with Crippen molar-refractivity contribution in [3.8, 4) is 0 Å². The molecule has 37 heavy (non-hydrogen) atoms. The van der Waals surface area contributed by atoms with E-state index < -0.39 is 33.9 Å². The molecule has 10 heteroatoms. The van der Waals surface area contributed by atoms with E-state index in [1.807, 2.05) is 72.1 Å². The minimum Gasteiger partial charge on any atom is -0.350 e. The Balaban J connectivity index is 1.61. The van der Waals surface area contributed by atoms with Crippen molar-refractivity contribution in [3.05, 3.63) is 93.7 Å². The summed E-state index contributed by atoms with van der Waals surface area (Å²) < 4.78 is 27.5. The molecule has 1 aromatic heterocycles. The molecule has 2 amide bonds. The Hall–Kier alpha value is -3.05. The molecule has 8 nitrogen and oxygen atoms in total. The van der Waals surface area contributed by atoms with E-state index in [4.69, 9.17) is 5.73 Å². The van der Waals surface area contributed by atoms with Crippen LogP contribution < -0.4 is 15.8 Å². The molecule has 3 aromatic rings. The molecule has 0 spiro atoms. The molecule has 196 valence electrons. The average Bonchev–Trinajstić information content (AvgIpc) is 3.57. The zero-order valence-electron chi connectivity index (χ0n) is 20.7. The van der Waals surface area contributed by atoms with Crippen LogP contribution >= 0.6 is 11.3 Å². The van der Waals surface area contributed by atoms with Gasteiger partial charge in [0.1, 0.15) is 12.1 Å². The van der Waals surface area contributed by atoms with Gasteiger partial charge in [0.2, 0.25) is 21.8 Å². The zero-order chi connectivity index (χ0) is 26.4. The second kappa shape index (κ2) is 12.0. The second-order valence-electron chi connectivity index (χ2n) is 9.20. The molecule has 2 aromatic carbocycles. The Bertz CT molecular complexity index is 1270. The highest BCUT2D eigenvalue weighted by Crippen LogP contribution is 2.31. The van der Waals surface area contributed by atoms with Crippen LogP contribution in [0.3, 0.4) is 0 Å². The molecule has 4 N–H and O–H groups in total. The minimum atomic E-state index is -3.75. The van der Waals surface area contributed by atoms with Crippen LogP contribution in [-0.2, 0) is 32.7 Å². The number of sulfonamides is 1. The molecule has 0 radical (unpaired) electrons. The number of nitrogens with zero attached hydrogens (tertiary/aromatic N) is 1. The van der Waals surface area contributed by atoms with Crippen LogP contribution in [0.1, 0.15) is 40.3 Å². The van der Waals surface area contributed by atoms with E-state index in [-0.39, 0.29) is 5.91 Å². The summed E-state index contributed by atoms with van der Waals surface area (Å²) in [5, 5.41) is 4.89. The zero-order valence-corrected chi connectivity index (χ0v) is 22.3. The lowest BCUT2D eigenvalue weighted by Crippen LogP contribution is -2.55. The first-order chi connectivity index (χ1) is 17.8. The van der Waals surface area contributed by atoms with Crippen LogP contribution in [0, 0.1) is 0 Å². The number of benzene rings is 2. The number of hydrogen-bond donors (Lipinski definition) is 3. The first-order valence-corrected chi connectivity index (χ1v) is 15.0. The fourth-order valence-corrected chi connectivity index (χ4v) is 6.27. The number of carbonyl (C=O) groups excluding carboxylic acids is 2. The number of rotatable bonds is 10. The third kappa shape index (κ3) is 6.84. The Labute approximate surface area is 221 Å². The summed E-state index contributed by atoms with van der Waals surface area (Å²) in [6.45, 7) is 1.17. The Morgan fingerprint density at radius 3 is 2.24 bits per heavy atom. The number of hydrogen-bond acceptors (Lipinski definition) is 6. The molecule has 1 saturated heterocycles. The molecular formula is C27H32N4O4S2. The highest BCUT2D eigenvalue weighted by atomic mass is 32.2. The van der Waals surface area contributed by atoms with Crippen molar-refractivity contribution in [2.45, 2.75) is 43.9 Å². The van der Waals surface area contributed by atoms with Crippen LogP contribution in [0.4, 0.5) is 0 Å². The van der Waals surface area contributed by atoms with E-state index >= 15 is 0 Å². The minimum absolute atomic E-state index is 0.250. The molecule has 1 aliphatic rings. The third-order valence-corrected chi connectivity index (χ3v) is 8.16. The SMILES string of the molecule is CS(=O)(=O)NC(C(=O)N1CCCC1C(=O)NCc1csc(CN)c1)C(c1ccccc1)c1ccccc1. The Kier molecular flexibility index (Phi) is 8.75. The molecular weight excluding hydrogens is 508 g/mol. The maximum Gasteiger partial charge on any atom is 0.243 e. The fraction of sp³-hybridized carbons (Fsp3) is 0.333. The second-order valence-corrected chi connectivity index (χ2v) is 12.0. The smallest absolute Gasteiger partial charge is 0.243 e. The van der Waals surface area contributed by atoms with E-state index in [2.05, 4.69) is 10.0 Å². The van der Waals surface area contributed by atoms with E-state index in [0.717, 1.165) is 27.8 Å². The standard InChI is InChI=1S/C27H32N4O4S2/c1-37(34,35)30-25(24(20-9-4-2-5-10-20)21-11-6-3-7-12-21)27(33)31-14-8-13-23(31)26(32)29-17-19-15-22(16-28)36-18-19/h2-7,9-12,15,18,23-25,30H,8,13-14,16-17,28H2,1H3,(H,29,32). The molecule has 1 fully saturated rings. The summed E-state index contributed by atoms with van der Waals surface area (Å²) in [7, 11) is -3.75. The molecule has 1 aliphatic heterocycles. The van der Waals surface area contributed by atoms with Crippen molar-refractivity contribution in [3.63, 3.8) is 0 Å². The summed E-state index contributed by atoms with van der Waals surface area (Å²) in [5.74, 6) is -1.24. The van der Waals surface area contributed by atoms with Crippen molar-refractivity contribution in [1.82, 2.24) is 14.9 Å². The van der Waals surface area contributed by atoms with E-state index in [1.165, 1.54) is 4.90 Å². The van der Waals surface area contributed by atoms with Gasteiger partial charge in [0.25, 0.3) is 0 Å². The topological polar surface area (TPSA) is 122 Å². The van der Waals surface area contributed by atoms with Gasteiger partial charge in [-0.05, 0) is 41.0 Å². The van der Waals surface area contributed by atoms with Crippen molar-refractivity contribution in [2.24, 2.45) is 5.73 Å². The lowest BCUT2D eigenvalue weighted by Gasteiger charge is -2.33. The molecule has 4 rings (SSSR count). The number of carbonyl (C=O) groups is 2. The van der Waals surface area contributed by atoms with Crippen LogP contribution in [0.25, 0.3) is 0 Å². The summed E-state index contributed by atoms with van der Waals surface area (Å²) >= 11 is 1.54. The van der Waals surface area contributed by atoms with Crippen LogP contribution in [-0.4, -0.2) is 50.0 Å². The molecule has 2 heterocycles. The monoisotopic (exact) mass is 540 g/mol. The van der Waals surface area contributed by atoms with Gasteiger partial charge >= 0.3 is 0 Å². The highest BCUT2D eigenvalue weighted by molar-refractivity contribution is 7.88. The predicted octanol–water partition coefficient (Wildman–Crippen LogP) is 2.56. The summed E-state index contributed by atoms with van der Waals surface area (Å²) in [6, 6.07) is 18.9. The first kappa shape index (κ1) is 27.0. The normalized spacial score (nSPS) is 16.6. The Morgan fingerprint density at radius 1 is 1.08 bits per heavy atom. The number of thiophene rings is 1. The van der Waals surface area contributed by atoms with Gasteiger partial charge in [-0.25, -0.2) is 13.1 Å². The largest absolute Gasteiger partial charge is 0.350 e. The van der Waals surface area contributed by atoms with Crippen molar-refractivity contribution in [1.29, 1.82) is 0 Å². The van der Waals surface area contributed by atoms with Gasteiger partial charge < -0.3 is 16.0 Å². The summed E-state index contributed by atoms with van der Waals surface area (Å²) in [6.07, 6.45) is 2.22. The van der Waals surface area contributed by atoms with Gasteiger partial charge in [-0.2, -0.15) is 0 Å². The molecule has 2 atom stereocenters. The molecule has 0 aliphatic carbocycles. The average molecular weight is 541 g/mol. The van der Waals surface area contributed by atoms with Crippen molar-refractivity contribution < 1.29 is 18.0 Å². The number of nitrogens with two attached hydrogens (primary N) is 1. The van der Waals surface area contributed by atoms with E-state index in [0.29, 0.717) is 32.5 Å². The fourth-order valence-electron chi connectivity index (χ4n) is 4.80. The van der Waals surface area contributed by atoms with Gasteiger partial charge in [-0.1, -0.05) is 60.7 Å². The van der Waals surface area contributed by atoms with Crippen LogP contribution in [0.15, 0.2) is 72.1 Å². The lowest BCUT2D eigenvalue weighted by atomic mass is 9.84. The van der Waals surface area contributed by atoms with Gasteiger partial charge in [-0.15, -0.1) is 11.3 Å². The van der Waals surface area contributed by atoms with E-state index in [9.17, 15) is 18.0 Å². The van der Waals surface area contributed by atoms with Gasteiger partial charge in [0.05, 0.1) is 6.26 Å². The Morgan fingerprint density at radius 2 is 1.70 bits per heavy atom. The van der Waals surface area contributed by atoms with Crippen LogP contribution in [0.5, 0.6) is 0 Å². The quantitative estimate of drug-likeness (QED) is 0.365. The van der Waals surface area contributed by atoms with Crippen molar-refractivity contribution in [2.75, 3.05) is 12.8 Å². The summed E-state index contributed by atoms with van der Waals surface area (Å²) in [5.41, 5.74) is 8.24. The molecule has 0 bridgehead atoms. The third-order valence-electron chi connectivity index (χ3n) is 6.47. The van der Waals surface area contributed by atoms with Gasteiger partial charge in [0.15, 0.2) is 0 Å². The van der Waals surface area contributed by atoms with Crippen LogP contribution in [0.2, 0.25) is 0 Å².